The van der Waals surface area contributed by atoms with Crippen molar-refractivity contribution in [2.24, 2.45) is 5.73 Å². The fourth-order valence-electron chi connectivity index (χ4n) is 1.74. The van der Waals surface area contributed by atoms with Gasteiger partial charge in [0.25, 0.3) is 0 Å². The average Bonchev–Trinajstić information content (AvgIpc) is 2.45. The summed E-state index contributed by atoms with van der Waals surface area (Å²) < 4.78 is 15.5. The first-order valence-electron chi connectivity index (χ1n) is 6.81. The van der Waals surface area contributed by atoms with E-state index in [1.165, 1.54) is 0 Å². The summed E-state index contributed by atoms with van der Waals surface area (Å²) in [5.41, 5.74) is 7.02. The Labute approximate surface area is 132 Å². The van der Waals surface area contributed by atoms with Crippen molar-refractivity contribution in [2.45, 2.75) is 32.7 Å². The minimum Gasteiger partial charge on any atom is -0.493 e. The monoisotopic (exact) mass is 317 g/mol. The van der Waals surface area contributed by atoms with Gasteiger partial charge in [-0.25, -0.2) is 4.79 Å². The van der Waals surface area contributed by atoms with Gasteiger partial charge in [-0.15, -0.1) is 12.4 Å². The maximum Gasteiger partial charge on any atom is 0.344 e. The minimum atomic E-state index is -0.397. The number of esters is 1. The van der Waals surface area contributed by atoms with Gasteiger partial charge in [-0.2, -0.15) is 0 Å². The molecule has 0 aliphatic carbocycles. The van der Waals surface area contributed by atoms with Crippen LogP contribution < -0.4 is 15.2 Å². The van der Waals surface area contributed by atoms with Crippen LogP contribution in [0.4, 0.5) is 0 Å². The van der Waals surface area contributed by atoms with Crippen molar-refractivity contribution < 1.29 is 19.0 Å². The highest BCUT2D eigenvalue weighted by Gasteiger charge is 2.10. The normalized spacial score (nSPS) is 11.2. The number of methoxy groups -OCH3 is 1. The number of halogens is 1. The van der Waals surface area contributed by atoms with Crippen LogP contribution in [0.15, 0.2) is 18.2 Å². The maximum absolute atomic E-state index is 11.3. The van der Waals surface area contributed by atoms with Crippen LogP contribution >= 0.6 is 12.4 Å². The van der Waals surface area contributed by atoms with Crippen molar-refractivity contribution in [1.29, 1.82) is 0 Å². The van der Waals surface area contributed by atoms with E-state index in [2.05, 4.69) is 6.92 Å². The summed E-state index contributed by atoms with van der Waals surface area (Å²) in [6.45, 7) is 4.02. The van der Waals surface area contributed by atoms with Crippen LogP contribution in [0, 0.1) is 0 Å². The first kappa shape index (κ1) is 19.5. The topological polar surface area (TPSA) is 70.8 Å². The second kappa shape index (κ2) is 10.3. The average molecular weight is 318 g/mol. The first-order valence-corrected chi connectivity index (χ1v) is 6.81. The molecule has 0 saturated carbocycles. The molecule has 1 unspecified atom stereocenters. The number of carbonyl (C=O) groups is 1. The van der Waals surface area contributed by atoms with Gasteiger partial charge >= 0.3 is 5.97 Å². The lowest BCUT2D eigenvalue weighted by molar-refractivity contribution is -0.145. The molecule has 0 spiro atoms. The SMILES string of the molecule is CCOC(=O)COc1ccc(CC(N)CC)cc1OC.Cl. The standard InChI is InChI=1S/C15H23NO4.ClH/c1-4-12(16)8-11-6-7-13(14(9-11)18-3)20-10-15(17)19-5-2;/h6-7,9,12H,4-5,8,10,16H2,1-3H3;1H. The fourth-order valence-corrected chi connectivity index (χ4v) is 1.74. The van der Waals surface area contributed by atoms with Crippen molar-refractivity contribution in [3.8, 4) is 11.5 Å². The molecule has 0 saturated heterocycles. The number of hydrogen-bond acceptors (Lipinski definition) is 5. The predicted molar refractivity (Wildman–Crippen MR) is 84.3 cm³/mol. The van der Waals surface area contributed by atoms with E-state index in [0.717, 1.165) is 18.4 Å². The zero-order chi connectivity index (χ0) is 15.0. The number of benzene rings is 1. The molecule has 21 heavy (non-hydrogen) atoms. The van der Waals surface area contributed by atoms with Gasteiger partial charge in [0.1, 0.15) is 0 Å². The van der Waals surface area contributed by atoms with E-state index in [1.807, 2.05) is 12.1 Å². The molecule has 0 fully saturated rings. The smallest absolute Gasteiger partial charge is 0.344 e. The van der Waals surface area contributed by atoms with Crippen LogP contribution in [-0.4, -0.2) is 32.3 Å². The summed E-state index contributed by atoms with van der Waals surface area (Å²) >= 11 is 0. The van der Waals surface area contributed by atoms with E-state index in [-0.39, 0.29) is 25.1 Å². The lowest BCUT2D eigenvalue weighted by Crippen LogP contribution is -2.21. The Morgan fingerprint density at radius 3 is 2.57 bits per heavy atom. The number of ether oxygens (including phenoxy) is 3. The Balaban J connectivity index is 0.00000400. The third-order valence-electron chi connectivity index (χ3n) is 2.90. The van der Waals surface area contributed by atoms with Crippen LogP contribution in [0.1, 0.15) is 25.8 Å². The molecule has 6 heteroatoms. The first-order chi connectivity index (χ1) is 9.60. The largest absolute Gasteiger partial charge is 0.493 e. The van der Waals surface area contributed by atoms with Crippen LogP contribution in [0.25, 0.3) is 0 Å². The van der Waals surface area contributed by atoms with Crippen LogP contribution in [-0.2, 0) is 16.0 Å². The Kier molecular flexibility index (Phi) is 9.58. The van der Waals surface area contributed by atoms with Gasteiger partial charge in [0, 0.05) is 6.04 Å². The molecule has 120 valence electrons. The van der Waals surface area contributed by atoms with Crippen LogP contribution in [0.3, 0.4) is 0 Å². The molecule has 0 radical (unpaired) electrons. The van der Waals surface area contributed by atoms with Crippen molar-refractivity contribution in [2.75, 3.05) is 20.3 Å². The van der Waals surface area contributed by atoms with E-state index in [9.17, 15) is 4.79 Å². The molecule has 2 N–H and O–H groups in total. The predicted octanol–water partition coefficient (Wildman–Crippen LogP) is 2.34. The Hall–Kier alpha value is -1.46. The third-order valence-corrected chi connectivity index (χ3v) is 2.90. The highest BCUT2D eigenvalue weighted by Crippen LogP contribution is 2.28. The highest BCUT2D eigenvalue weighted by atomic mass is 35.5. The van der Waals surface area contributed by atoms with E-state index in [4.69, 9.17) is 19.9 Å². The quantitative estimate of drug-likeness (QED) is 0.745. The molecule has 0 aliphatic heterocycles. The van der Waals surface area contributed by atoms with Crippen LogP contribution in [0.5, 0.6) is 11.5 Å². The van der Waals surface area contributed by atoms with Gasteiger partial charge in [0.05, 0.1) is 13.7 Å². The molecular formula is C15H24ClNO4. The number of hydrogen-bond donors (Lipinski definition) is 1. The minimum absolute atomic E-state index is 0. The molecule has 1 atom stereocenters. The van der Waals surface area contributed by atoms with Crippen molar-refractivity contribution in [1.82, 2.24) is 0 Å². The number of carbonyl (C=O) groups excluding carboxylic acids is 1. The van der Waals surface area contributed by atoms with Gasteiger partial charge in [-0.1, -0.05) is 13.0 Å². The molecule has 1 aromatic carbocycles. The maximum atomic E-state index is 11.3. The van der Waals surface area contributed by atoms with Crippen molar-refractivity contribution in [3.05, 3.63) is 23.8 Å². The summed E-state index contributed by atoms with van der Waals surface area (Å²) in [7, 11) is 1.57. The highest BCUT2D eigenvalue weighted by molar-refractivity contribution is 5.85. The summed E-state index contributed by atoms with van der Waals surface area (Å²) in [6, 6.07) is 5.73. The molecule has 1 aromatic rings. The molecule has 1 rings (SSSR count). The van der Waals surface area contributed by atoms with E-state index < -0.39 is 5.97 Å². The molecule has 0 bridgehead atoms. The molecule has 0 heterocycles. The van der Waals surface area contributed by atoms with E-state index >= 15 is 0 Å². The Bertz CT molecular complexity index is 440. The number of rotatable bonds is 8. The molecule has 0 aromatic heterocycles. The lowest BCUT2D eigenvalue weighted by atomic mass is 10.0. The van der Waals surface area contributed by atoms with Gasteiger partial charge in [-0.05, 0) is 37.5 Å². The summed E-state index contributed by atoms with van der Waals surface area (Å²) in [5, 5.41) is 0. The summed E-state index contributed by atoms with van der Waals surface area (Å²) in [5.74, 6) is 0.719. The second-order valence-corrected chi connectivity index (χ2v) is 4.45. The van der Waals surface area contributed by atoms with Gasteiger partial charge in [-0.3, -0.25) is 0 Å². The second-order valence-electron chi connectivity index (χ2n) is 4.45. The molecule has 0 amide bonds. The zero-order valence-electron chi connectivity index (χ0n) is 12.8. The molecule has 5 nitrogen and oxygen atoms in total. The zero-order valence-corrected chi connectivity index (χ0v) is 13.6. The molecular weight excluding hydrogens is 294 g/mol. The fraction of sp³-hybridized carbons (Fsp3) is 0.533. The summed E-state index contributed by atoms with van der Waals surface area (Å²) in [6.07, 6.45) is 1.70. The lowest BCUT2D eigenvalue weighted by Gasteiger charge is -2.13. The third kappa shape index (κ3) is 6.69. The van der Waals surface area contributed by atoms with Gasteiger partial charge in [0.2, 0.25) is 0 Å². The van der Waals surface area contributed by atoms with Gasteiger partial charge in [0.15, 0.2) is 18.1 Å². The van der Waals surface area contributed by atoms with E-state index in [1.54, 1.807) is 20.1 Å². The van der Waals surface area contributed by atoms with Crippen LogP contribution in [0.2, 0.25) is 0 Å². The molecule has 0 aliphatic rings. The van der Waals surface area contributed by atoms with Crippen molar-refractivity contribution >= 4 is 18.4 Å². The Morgan fingerprint density at radius 1 is 1.29 bits per heavy atom. The Morgan fingerprint density at radius 2 is 2.00 bits per heavy atom. The van der Waals surface area contributed by atoms with E-state index in [0.29, 0.717) is 18.1 Å². The van der Waals surface area contributed by atoms with Gasteiger partial charge < -0.3 is 19.9 Å². The van der Waals surface area contributed by atoms with Crippen molar-refractivity contribution in [3.63, 3.8) is 0 Å². The number of nitrogens with two attached hydrogens (primary N) is 1. The summed E-state index contributed by atoms with van der Waals surface area (Å²) in [4.78, 5) is 11.3.